The lowest BCUT2D eigenvalue weighted by Gasteiger charge is -2.34. The van der Waals surface area contributed by atoms with Crippen molar-refractivity contribution in [2.24, 2.45) is 5.92 Å². The molecule has 0 bridgehead atoms. The van der Waals surface area contributed by atoms with Crippen molar-refractivity contribution < 1.29 is 9.47 Å². The van der Waals surface area contributed by atoms with Crippen molar-refractivity contribution in [2.75, 3.05) is 38.7 Å². The lowest BCUT2D eigenvalue weighted by Crippen LogP contribution is -2.40. The lowest BCUT2D eigenvalue weighted by atomic mass is 9.80. The molecule has 5 rings (SSSR count). The molecule has 0 radical (unpaired) electrons. The van der Waals surface area contributed by atoms with Gasteiger partial charge in [-0.25, -0.2) is 9.97 Å². The Morgan fingerprint density at radius 1 is 1.36 bits per heavy atom. The Morgan fingerprint density at radius 2 is 2.29 bits per heavy atom. The van der Waals surface area contributed by atoms with Gasteiger partial charge in [-0.1, -0.05) is 12.1 Å². The highest BCUT2D eigenvalue weighted by atomic mass is 16.5. The van der Waals surface area contributed by atoms with Crippen LogP contribution in [0.25, 0.3) is 0 Å². The Balaban J connectivity index is 1.33. The number of nitrogens with one attached hydrogen (secondary N) is 1. The van der Waals surface area contributed by atoms with Gasteiger partial charge in [-0.15, -0.1) is 0 Å². The van der Waals surface area contributed by atoms with Crippen LogP contribution >= 0.6 is 0 Å². The Morgan fingerprint density at radius 3 is 3.14 bits per heavy atom. The van der Waals surface area contributed by atoms with Gasteiger partial charge in [0, 0.05) is 31.4 Å². The molecule has 28 heavy (non-hydrogen) atoms. The molecule has 1 aromatic carbocycles. The second-order valence-corrected chi connectivity index (χ2v) is 8.48. The SMILES string of the molecule is COc1cccc(CN2CCC3(COCc4cnc(NCC5CC5)nc43)C2)c1. The maximum Gasteiger partial charge on any atom is 0.222 e. The fourth-order valence-corrected chi connectivity index (χ4v) is 4.47. The first-order valence-corrected chi connectivity index (χ1v) is 10.3. The standard InChI is InChI=1S/C22H28N4O2/c1-27-19-4-2-3-17(9-19)12-26-8-7-22(14-26)15-28-13-18-11-24-21(25-20(18)22)23-10-16-5-6-16/h2-4,9,11,16H,5-8,10,12-15H2,1H3,(H,23,24,25). The number of fused-ring (bicyclic) bond motifs is 2. The highest BCUT2D eigenvalue weighted by Crippen LogP contribution is 2.40. The molecule has 1 N–H and O–H groups in total. The molecule has 6 heteroatoms. The van der Waals surface area contributed by atoms with Gasteiger partial charge in [0.1, 0.15) is 5.75 Å². The minimum atomic E-state index is -0.0224. The second-order valence-electron chi connectivity index (χ2n) is 8.48. The monoisotopic (exact) mass is 380 g/mol. The van der Waals surface area contributed by atoms with Gasteiger partial charge in [0.15, 0.2) is 0 Å². The normalized spacial score (nSPS) is 24.3. The number of aromatic nitrogens is 2. The van der Waals surface area contributed by atoms with Gasteiger partial charge < -0.3 is 14.8 Å². The van der Waals surface area contributed by atoms with E-state index in [0.717, 1.165) is 62.4 Å². The minimum Gasteiger partial charge on any atom is -0.497 e. The van der Waals surface area contributed by atoms with E-state index in [1.807, 2.05) is 12.3 Å². The highest BCUT2D eigenvalue weighted by molar-refractivity contribution is 5.37. The molecule has 1 aliphatic carbocycles. The zero-order valence-corrected chi connectivity index (χ0v) is 16.5. The maximum absolute atomic E-state index is 5.97. The molecule has 1 saturated heterocycles. The van der Waals surface area contributed by atoms with E-state index in [1.54, 1.807) is 7.11 Å². The van der Waals surface area contributed by atoms with Crippen molar-refractivity contribution >= 4 is 5.95 Å². The van der Waals surface area contributed by atoms with Gasteiger partial charge >= 0.3 is 0 Å². The average molecular weight is 380 g/mol. The van der Waals surface area contributed by atoms with E-state index in [9.17, 15) is 0 Å². The first-order chi connectivity index (χ1) is 13.7. The third kappa shape index (κ3) is 3.59. The zero-order valence-electron chi connectivity index (χ0n) is 16.5. The zero-order chi connectivity index (χ0) is 19.0. The summed E-state index contributed by atoms with van der Waals surface area (Å²) in [4.78, 5) is 12.0. The van der Waals surface area contributed by atoms with E-state index >= 15 is 0 Å². The lowest BCUT2D eigenvalue weighted by molar-refractivity contribution is 0.0503. The van der Waals surface area contributed by atoms with E-state index in [1.165, 1.54) is 24.1 Å². The van der Waals surface area contributed by atoms with Crippen molar-refractivity contribution in [3.05, 3.63) is 47.3 Å². The number of ether oxygens (including phenoxy) is 2. The summed E-state index contributed by atoms with van der Waals surface area (Å²) in [6, 6.07) is 8.34. The van der Waals surface area contributed by atoms with Crippen molar-refractivity contribution in [1.29, 1.82) is 0 Å². The smallest absolute Gasteiger partial charge is 0.222 e. The predicted octanol–water partition coefficient (Wildman–Crippen LogP) is 2.98. The molecule has 1 unspecified atom stereocenters. The molecule has 148 valence electrons. The summed E-state index contributed by atoms with van der Waals surface area (Å²) in [5.41, 5.74) is 3.60. The van der Waals surface area contributed by atoms with Crippen molar-refractivity contribution in [3.8, 4) is 5.75 Å². The van der Waals surface area contributed by atoms with Crippen LogP contribution in [0.2, 0.25) is 0 Å². The second kappa shape index (κ2) is 7.33. The Labute approximate surface area is 166 Å². The first kappa shape index (κ1) is 17.9. The average Bonchev–Trinajstić information content (AvgIpc) is 3.48. The predicted molar refractivity (Wildman–Crippen MR) is 107 cm³/mol. The Kier molecular flexibility index (Phi) is 4.69. The summed E-state index contributed by atoms with van der Waals surface area (Å²) in [7, 11) is 1.72. The molecule has 2 fully saturated rings. The molecule has 3 heterocycles. The van der Waals surface area contributed by atoms with Gasteiger partial charge in [0.25, 0.3) is 0 Å². The molecule has 0 amide bonds. The van der Waals surface area contributed by atoms with Gasteiger partial charge in [-0.3, -0.25) is 4.90 Å². The molecule has 6 nitrogen and oxygen atoms in total. The number of benzene rings is 1. The van der Waals surface area contributed by atoms with Gasteiger partial charge in [-0.05, 0) is 49.4 Å². The summed E-state index contributed by atoms with van der Waals surface area (Å²) in [6.45, 7) is 5.30. The van der Waals surface area contributed by atoms with Crippen molar-refractivity contribution in [2.45, 2.75) is 37.8 Å². The van der Waals surface area contributed by atoms with Crippen molar-refractivity contribution in [3.63, 3.8) is 0 Å². The number of methoxy groups -OCH3 is 1. The molecule has 3 aliphatic rings. The van der Waals surface area contributed by atoms with E-state index in [0.29, 0.717) is 6.61 Å². The largest absolute Gasteiger partial charge is 0.497 e. The van der Waals surface area contributed by atoms with Crippen LogP contribution in [0.5, 0.6) is 5.75 Å². The van der Waals surface area contributed by atoms with Crippen LogP contribution in [0, 0.1) is 5.92 Å². The number of anilines is 1. The molecule has 2 aliphatic heterocycles. The third-order valence-corrected chi connectivity index (χ3v) is 6.22. The Hall–Kier alpha value is -2.18. The van der Waals surface area contributed by atoms with Crippen LogP contribution in [0.1, 0.15) is 36.1 Å². The molecule has 2 aromatic rings. The van der Waals surface area contributed by atoms with E-state index in [4.69, 9.17) is 14.5 Å². The van der Waals surface area contributed by atoms with Crippen LogP contribution in [0.3, 0.4) is 0 Å². The van der Waals surface area contributed by atoms with E-state index < -0.39 is 0 Å². The van der Waals surface area contributed by atoms with Crippen LogP contribution in [0.4, 0.5) is 5.95 Å². The van der Waals surface area contributed by atoms with Gasteiger partial charge in [0.2, 0.25) is 5.95 Å². The fourth-order valence-electron chi connectivity index (χ4n) is 4.47. The number of nitrogens with zero attached hydrogens (tertiary/aromatic N) is 3. The van der Waals surface area contributed by atoms with Crippen LogP contribution in [-0.4, -0.2) is 48.2 Å². The van der Waals surface area contributed by atoms with Crippen LogP contribution in [-0.2, 0) is 23.3 Å². The topological polar surface area (TPSA) is 59.5 Å². The summed E-state index contributed by atoms with van der Waals surface area (Å²) in [6.07, 6.45) is 5.69. The quantitative estimate of drug-likeness (QED) is 0.831. The van der Waals surface area contributed by atoms with Crippen LogP contribution in [0.15, 0.2) is 30.5 Å². The molecule has 1 aromatic heterocycles. The fraction of sp³-hybridized carbons (Fsp3) is 0.545. The minimum absolute atomic E-state index is 0.0224. The van der Waals surface area contributed by atoms with E-state index in [-0.39, 0.29) is 5.41 Å². The summed E-state index contributed by atoms with van der Waals surface area (Å²) in [5, 5.41) is 3.44. The summed E-state index contributed by atoms with van der Waals surface area (Å²) in [5.74, 6) is 2.50. The first-order valence-electron chi connectivity index (χ1n) is 10.3. The van der Waals surface area contributed by atoms with E-state index in [2.05, 4.69) is 33.4 Å². The summed E-state index contributed by atoms with van der Waals surface area (Å²) < 4.78 is 11.3. The Bertz CT molecular complexity index is 854. The van der Waals surface area contributed by atoms with Crippen molar-refractivity contribution in [1.82, 2.24) is 14.9 Å². The number of likely N-dealkylation sites (tertiary alicyclic amines) is 1. The molecule has 1 saturated carbocycles. The van der Waals surface area contributed by atoms with Gasteiger partial charge in [-0.2, -0.15) is 0 Å². The summed E-state index contributed by atoms with van der Waals surface area (Å²) >= 11 is 0. The molecule has 1 spiro atoms. The maximum atomic E-state index is 5.97. The number of rotatable bonds is 6. The van der Waals surface area contributed by atoms with Crippen LogP contribution < -0.4 is 10.1 Å². The molecular formula is C22H28N4O2. The highest BCUT2D eigenvalue weighted by Gasteiger charge is 2.44. The molecule has 1 atom stereocenters. The number of hydrogen-bond acceptors (Lipinski definition) is 6. The third-order valence-electron chi connectivity index (χ3n) is 6.22. The van der Waals surface area contributed by atoms with Gasteiger partial charge in [0.05, 0.1) is 31.4 Å². The molecular weight excluding hydrogens is 352 g/mol. The number of hydrogen-bond donors (Lipinski definition) is 1.